The van der Waals surface area contributed by atoms with Crippen LogP contribution in [-0.4, -0.2) is 41.0 Å². The van der Waals surface area contributed by atoms with Gasteiger partial charge in [0, 0.05) is 38.8 Å². The van der Waals surface area contributed by atoms with Gasteiger partial charge in [0.15, 0.2) is 0 Å². The Labute approximate surface area is 201 Å². The van der Waals surface area contributed by atoms with Crippen LogP contribution in [0, 0.1) is 5.82 Å². The lowest BCUT2D eigenvalue weighted by Gasteiger charge is -2.15. The number of hydrogen-bond donors (Lipinski definition) is 2. The van der Waals surface area contributed by atoms with Crippen LogP contribution in [0.1, 0.15) is 18.2 Å². The molecule has 34 heavy (non-hydrogen) atoms. The highest BCUT2D eigenvalue weighted by Crippen LogP contribution is 2.29. The number of carbonyl (C=O) groups is 2. The predicted octanol–water partition coefficient (Wildman–Crippen LogP) is 3.63. The number of anilines is 1. The molecule has 0 radical (unpaired) electrons. The SMILES string of the molecule is CC(=O)NC[C@H]1CN(c2ccc(-c3ccc(CNCc4nn(C)cc4Cl)cc3)c(F)c2)C(=O)O1. The Morgan fingerprint density at radius 2 is 2.00 bits per heavy atom. The van der Waals surface area contributed by atoms with E-state index in [1.165, 1.54) is 17.9 Å². The average Bonchev–Trinajstić information content (AvgIpc) is 3.33. The smallest absolute Gasteiger partial charge is 0.414 e. The first-order valence-electron chi connectivity index (χ1n) is 10.8. The fourth-order valence-corrected chi connectivity index (χ4v) is 4.00. The lowest BCUT2D eigenvalue weighted by Crippen LogP contribution is -2.33. The van der Waals surface area contributed by atoms with Gasteiger partial charge in [-0.3, -0.25) is 14.4 Å². The van der Waals surface area contributed by atoms with E-state index >= 15 is 0 Å². The summed E-state index contributed by atoms with van der Waals surface area (Å²) >= 11 is 6.12. The summed E-state index contributed by atoms with van der Waals surface area (Å²) < 4.78 is 21.8. The van der Waals surface area contributed by atoms with E-state index in [9.17, 15) is 14.0 Å². The van der Waals surface area contributed by atoms with Gasteiger partial charge in [-0.15, -0.1) is 0 Å². The molecule has 4 rings (SSSR count). The summed E-state index contributed by atoms with van der Waals surface area (Å²) in [4.78, 5) is 24.6. The Bertz CT molecular complexity index is 1200. The third-order valence-electron chi connectivity index (χ3n) is 5.46. The summed E-state index contributed by atoms with van der Waals surface area (Å²) in [6.07, 6.45) is 0.713. The second-order valence-corrected chi connectivity index (χ2v) is 8.52. The molecule has 178 valence electrons. The Kier molecular flexibility index (Phi) is 7.14. The highest BCUT2D eigenvalue weighted by atomic mass is 35.5. The zero-order valence-corrected chi connectivity index (χ0v) is 19.6. The molecule has 2 aromatic carbocycles. The van der Waals surface area contributed by atoms with Crippen molar-refractivity contribution in [2.24, 2.45) is 7.05 Å². The van der Waals surface area contributed by atoms with Crippen LogP contribution in [0.2, 0.25) is 5.02 Å². The molecular formula is C24H25ClFN5O3. The maximum atomic E-state index is 14.9. The summed E-state index contributed by atoms with van der Waals surface area (Å²) in [5.41, 5.74) is 3.40. The molecule has 2 amide bonds. The molecule has 0 aliphatic carbocycles. The van der Waals surface area contributed by atoms with E-state index in [0.717, 1.165) is 16.8 Å². The number of ether oxygens (including phenoxy) is 1. The van der Waals surface area contributed by atoms with Gasteiger partial charge in [-0.1, -0.05) is 35.9 Å². The van der Waals surface area contributed by atoms with Crippen molar-refractivity contribution in [2.45, 2.75) is 26.1 Å². The molecule has 3 aromatic rings. The molecule has 10 heteroatoms. The standard InChI is InChI=1S/C24H25ClFN5O3/c1-15(32)28-11-19-13-31(24(33)34-19)18-7-8-20(22(26)9-18)17-5-3-16(4-6-17)10-27-12-23-21(25)14-30(2)29-23/h3-9,14,19,27H,10-13H2,1-2H3,(H,28,32)/t19-/m0/s1. The number of nitrogens with zero attached hydrogens (tertiary/aromatic N) is 3. The van der Waals surface area contributed by atoms with Crippen molar-refractivity contribution in [2.75, 3.05) is 18.0 Å². The molecule has 2 N–H and O–H groups in total. The number of nitrogens with one attached hydrogen (secondary N) is 2. The molecule has 0 bridgehead atoms. The molecule has 1 atom stereocenters. The Morgan fingerprint density at radius 3 is 2.65 bits per heavy atom. The average molecular weight is 486 g/mol. The number of halogens is 2. The van der Waals surface area contributed by atoms with Gasteiger partial charge < -0.3 is 15.4 Å². The molecule has 0 unspecified atom stereocenters. The summed E-state index contributed by atoms with van der Waals surface area (Å²) in [5, 5.41) is 10.8. The Hall–Kier alpha value is -3.43. The van der Waals surface area contributed by atoms with Crippen molar-refractivity contribution >= 4 is 29.3 Å². The molecule has 1 saturated heterocycles. The van der Waals surface area contributed by atoms with Gasteiger partial charge in [-0.2, -0.15) is 5.10 Å². The van der Waals surface area contributed by atoms with E-state index < -0.39 is 18.0 Å². The Balaban J connectivity index is 1.37. The molecule has 1 aliphatic heterocycles. The number of benzene rings is 2. The highest BCUT2D eigenvalue weighted by molar-refractivity contribution is 6.31. The number of hydrogen-bond acceptors (Lipinski definition) is 5. The van der Waals surface area contributed by atoms with E-state index in [0.29, 0.717) is 29.4 Å². The van der Waals surface area contributed by atoms with Crippen LogP contribution in [0.4, 0.5) is 14.9 Å². The quantitative estimate of drug-likeness (QED) is 0.508. The molecule has 1 aromatic heterocycles. The minimum absolute atomic E-state index is 0.204. The minimum Gasteiger partial charge on any atom is -0.442 e. The first kappa shape index (κ1) is 23.7. The molecule has 8 nitrogen and oxygen atoms in total. The topological polar surface area (TPSA) is 88.5 Å². The van der Waals surface area contributed by atoms with E-state index in [-0.39, 0.29) is 19.0 Å². The van der Waals surface area contributed by atoms with Gasteiger partial charge in [0.05, 0.1) is 29.5 Å². The molecule has 2 heterocycles. The van der Waals surface area contributed by atoms with Crippen LogP contribution >= 0.6 is 11.6 Å². The first-order valence-corrected chi connectivity index (χ1v) is 11.2. The zero-order valence-electron chi connectivity index (χ0n) is 18.8. The van der Waals surface area contributed by atoms with Crippen LogP contribution < -0.4 is 15.5 Å². The van der Waals surface area contributed by atoms with E-state index in [1.54, 1.807) is 23.0 Å². The maximum absolute atomic E-state index is 14.9. The van der Waals surface area contributed by atoms with Crippen molar-refractivity contribution in [3.05, 3.63) is 70.8 Å². The van der Waals surface area contributed by atoms with Crippen molar-refractivity contribution in [3.8, 4) is 11.1 Å². The summed E-state index contributed by atoms with van der Waals surface area (Å²) in [6, 6.07) is 12.2. The van der Waals surface area contributed by atoms with Gasteiger partial charge in [-0.05, 0) is 29.3 Å². The fraction of sp³-hybridized carbons (Fsp3) is 0.292. The number of aromatic nitrogens is 2. The maximum Gasteiger partial charge on any atom is 0.414 e. The monoisotopic (exact) mass is 485 g/mol. The van der Waals surface area contributed by atoms with E-state index in [4.69, 9.17) is 16.3 Å². The normalized spacial score (nSPS) is 15.5. The fourth-order valence-electron chi connectivity index (χ4n) is 3.76. The minimum atomic E-state index is -0.564. The van der Waals surface area contributed by atoms with Crippen molar-refractivity contribution in [3.63, 3.8) is 0 Å². The van der Waals surface area contributed by atoms with Crippen LogP contribution in [0.25, 0.3) is 11.1 Å². The van der Waals surface area contributed by atoms with Crippen molar-refractivity contribution < 1.29 is 18.7 Å². The van der Waals surface area contributed by atoms with Gasteiger partial charge in [-0.25, -0.2) is 9.18 Å². The lowest BCUT2D eigenvalue weighted by atomic mass is 10.0. The van der Waals surface area contributed by atoms with E-state index in [2.05, 4.69) is 15.7 Å². The van der Waals surface area contributed by atoms with Gasteiger partial charge in [0.2, 0.25) is 5.91 Å². The predicted molar refractivity (Wildman–Crippen MR) is 127 cm³/mol. The number of amides is 2. The lowest BCUT2D eigenvalue weighted by molar-refractivity contribution is -0.119. The third kappa shape index (κ3) is 5.55. The van der Waals surface area contributed by atoms with E-state index in [1.807, 2.05) is 31.3 Å². The molecular weight excluding hydrogens is 461 g/mol. The zero-order chi connectivity index (χ0) is 24.2. The van der Waals surface area contributed by atoms with Gasteiger partial charge in [0.25, 0.3) is 0 Å². The summed E-state index contributed by atoms with van der Waals surface area (Å²) in [6.45, 7) is 3.01. The van der Waals surface area contributed by atoms with Crippen LogP contribution in [0.3, 0.4) is 0 Å². The highest BCUT2D eigenvalue weighted by Gasteiger charge is 2.32. The summed E-state index contributed by atoms with van der Waals surface area (Å²) in [7, 11) is 1.82. The summed E-state index contributed by atoms with van der Waals surface area (Å²) in [5.74, 6) is -0.643. The Morgan fingerprint density at radius 1 is 1.24 bits per heavy atom. The molecule has 1 fully saturated rings. The van der Waals surface area contributed by atoms with Crippen LogP contribution in [0.5, 0.6) is 0 Å². The number of aryl methyl sites for hydroxylation is 1. The van der Waals surface area contributed by atoms with Crippen LogP contribution in [0.15, 0.2) is 48.7 Å². The van der Waals surface area contributed by atoms with Crippen LogP contribution in [-0.2, 0) is 29.7 Å². The molecule has 0 spiro atoms. The number of rotatable bonds is 8. The second kappa shape index (κ2) is 10.2. The van der Waals surface area contributed by atoms with Gasteiger partial charge in [0.1, 0.15) is 11.9 Å². The second-order valence-electron chi connectivity index (χ2n) is 8.12. The largest absolute Gasteiger partial charge is 0.442 e. The number of carbonyl (C=O) groups excluding carboxylic acids is 2. The first-order chi connectivity index (χ1) is 16.3. The third-order valence-corrected chi connectivity index (χ3v) is 5.77. The molecule has 1 aliphatic rings. The van der Waals surface area contributed by atoms with Crippen molar-refractivity contribution in [1.82, 2.24) is 20.4 Å². The van der Waals surface area contributed by atoms with Gasteiger partial charge >= 0.3 is 6.09 Å². The van der Waals surface area contributed by atoms with Crippen molar-refractivity contribution in [1.29, 1.82) is 0 Å². The number of cyclic esters (lactones) is 1. The molecule has 0 saturated carbocycles.